The molecule has 0 spiro atoms. The molecule has 5 nitrogen and oxygen atoms in total. The second-order valence-electron chi connectivity index (χ2n) is 5.13. The molecule has 0 bridgehead atoms. The zero-order valence-electron chi connectivity index (χ0n) is 11.8. The molecule has 0 aromatic heterocycles. The Morgan fingerprint density at radius 2 is 2.10 bits per heavy atom. The van der Waals surface area contributed by atoms with Crippen molar-refractivity contribution in [3.63, 3.8) is 0 Å². The summed E-state index contributed by atoms with van der Waals surface area (Å²) in [6, 6.07) is 9.16. The van der Waals surface area contributed by atoms with Crippen LogP contribution in [0, 0.1) is 0 Å². The van der Waals surface area contributed by atoms with E-state index in [0.717, 1.165) is 18.4 Å². The highest BCUT2D eigenvalue weighted by molar-refractivity contribution is 5.87. The van der Waals surface area contributed by atoms with E-state index in [1.54, 1.807) is 11.9 Å². The Balaban J connectivity index is 1.88. The Labute approximate surface area is 119 Å². The van der Waals surface area contributed by atoms with Crippen LogP contribution in [-0.2, 0) is 11.3 Å². The maximum absolute atomic E-state index is 12.1. The summed E-state index contributed by atoms with van der Waals surface area (Å²) in [5.41, 5.74) is 1.07. The molecule has 0 unspecified atom stereocenters. The van der Waals surface area contributed by atoms with Gasteiger partial charge in [-0.15, -0.1) is 0 Å². The molecule has 20 heavy (non-hydrogen) atoms. The van der Waals surface area contributed by atoms with Crippen LogP contribution in [0.5, 0.6) is 0 Å². The lowest BCUT2D eigenvalue weighted by Crippen LogP contribution is -2.49. The van der Waals surface area contributed by atoms with E-state index < -0.39 is 6.04 Å². The molecule has 1 heterocycles. The van der Waals surface area contributed by atoms with E-state index in [4.69, 9.17) is 0 Å². The van der Waals surface area contributed by atoms with E-state index >= 15 is 0 Å². The topological polar surface area (TPSA) is 61.4 Å². The Morgan fingerprint density at radius 1 is 1.35 bits per heavy atom. The van der Waals surface area contributed by atoms with Crippen molar-refractivity contribution >= 4 is 11.9 Å². The molecule has 1 aromatic rings. The van der Waals surface area contributed by atoms with Crippen molar-refractivity contribution < 1.29 is 9.59 Å². The molecule has 1 aliphatic rings. The minimum Gasteiger partial charge on any atom is -0.354 e. The van der Waals surface area contributed by atoms with Crippen molar-refractivity contribution in [3.05, 3.63) is 35.9 Å². The standard InChI is InChI=1S/C15H21N3O2/c1-18(11-12-7-3-2-4-8-12)15(20)17-13-9-5-6-10-16-14(13)19/h2-4,7-8,13H,5-6,9-11H2,1H3,(H,16,19)(H,17,20)/t13-/m1/s1. The quantitative estimate of drug-likeness (QED) is 0.878. The molecule has 1 atom stereocenters. The fourth-order valence-corrected chi connectivity index (χ4v) is 2.27. The van der Waals surface area contributed by atoms with Crippen LogP contribution in [0.4, 0.5) is 4.79 Å². The van der Waals surface area contributed by atoms with Crippen molar-refractivity contribution in [3.8, 4) is 0 Å². The molecule has 108 valence electrons. The summed E-state index contributed by atoms with van der Waals surface area (Å²) in [6.07, 6.45) is 2.63. The maximum Gasteiger partial charge on any atom is 0.318 e. The van der Waals surface area contributed by atoms with E-state index in [-0.39, 0.29) is 11.9 Å². The zero-order valence-corrected chi connectivity index (χ0v) is 11.8. The summed E-state index contributed by atoms with van der Waals surface area (Å²) in [6.45, 7) is 1.23. The second-order valence-corrected chi connectivity index (χ2v) is 5.13. The van der Waals surface area contributed by atoms with Crippen LogP contribution < -0.4 is 10.6 Å². The van der Waals surface area contributed by atoms with E-state index in [1.165, 1.54) is 0 Å². The predicted octanol–water partition coefficient (Wildman–Crippen LogP) is 1.50. The third-order valence-corrected chi connectivity index (χ3v) is 3.44. The minimum absolute atomic E-state index is 0.0797. The molecular weight excluding hydrogens is 254 g/mol. The lowest BCUT2D eigenvalue weighted by molar-refractivity contribution is -0.122. The number of nitrogens with zero attached hydrogens (tertiary/aromatic N) is 1. The smallest absolute Gasteiger partial charge is 0.318 e. The van der Waals surface area contributed by atoms with E-state index in [1.807, 2.05) is 30.3 Å². The highest BCUT2D eigenvalue weighted by Crippen LogP contribution is 2.07. The van der Waals surface area contributed by atoms with Gasteiger partial charge in [-0.25, -0.2) is 4.79 Å². The summed E-state index contributed by atoms with van der Waals surface area (Å²) in [7, 11) is 1.73. The van der Waals surface area contributed by atoms with Crippen molar-refractivity contribution in [1.82, 2.24) is 15.5 Å². The molecular formula is C15H21N3O2. The molecule has 1 aromatic carbocycles. The largest absolute Gasteiger partial charge is 0.354 e. The van der Waals surface area contributed by atoms with Crippen molar-refractivity contribution in [2.75, 3.05) is 13.6 Å². The number of hydrogen-bond donors (Lipinski definition) is 2. The van der Waals surface area contributed by atoms with Gasteiger partial charge in [-0.3, -0.25) is 4.79 Å². The van der Waals surface area contributed by atoms with Gasteiger partial charge in [0.2, 0.25) is 5.91 Å². The van der Waals surface area contributed by atoms with Gasteiger partial charge in [0, 0.05) is 20.1 Å². The van der Waals surface area contributed by atoms with E-state index in [2.05, 4.69) is 10.6 Å². The second kappa shape index (κ2) is 6.93. The van der Waals surface area contributed by atoms with Gasteiger partial charge in [0.1, 0.15) is 6.04 Å². The molecule has 2 N–H and O–H groups in total. The highest BCUT2D eigenvalue weighted by atomic mass is 16.2. The third-order valence-electron chi connectivity index (χ3n) is 3.44. The molecule has 1 saturated heterocycles. The number of urea groups is 1. The predicted molar refractivity (Wildman–Crippen MR) is 77.1 cm³/mol. The first-order chi connectivity index (χ1) is 9.66. The van der Waals surface area contributed by atoms with Gasteiger partial charge in [0.25, 0.3) is 0 Å². The zero-order chi connectivity index (χ0) is 14.4. The lowest BCUT2D eigenvalue weighted by Gasteiger charge is -2.22. The summed E-state index contributed by atoms with van der Waals surface area (Å²) >= 11 is 0. The fraction of sp³-hybridized carbons (Fsp3) is 0.467. The molecule has 0 saturated carbocycles. The van der Waals surface area contributed by atoms with Gasteiger partial charge in [-0.1, -0.05) is 30.3 Å². The Kier molecular flexibility index (Phi) is 4.98. The molecule has 3 amide bonds. The first-order valence-corrected chi connectivity index (χ1v) is 7.00. The fourth-order valence-electron chi connectivity index (χ4n) is 2.27. The molecule has 0 aliphatic carbocycles. The third kappa shape index (κ3) is 3.98. The van der Waals surface area contributed by atoms with Crippen molar-refractivity contribution in [2.45, 2.75) is 31.8 Å². The van der Waals surface area contributed by atoms with Crippen LogP contribution in [0.1, 0.15) is 24.8 Å². The summed E-state index contributed by atoms with van der Waals surface area (Å²) in [5, 5.41) is 5.62. The van der Waals surface area contributed by atoms with E-state index in [9.17, 15) is 9.59 Å². The Morgan fingerprint density at radius 3 is 2.85 bits per heavy atom. The summed E-state index contributed by atoms with van der Waals surface area (Å²) in [5.74, 6) is -0.0797. The molecule has 5 heteroatoms. The number of hydrogen-bond acceptors (Lipinski definition) is 2. The summed E-state index contributed by atoms with van der Waals surface area (Å²) in [4.78, 5) is 25.5. The van der Waals surface area contributed by atoms with Gasteiger partial charge in [0.05, 0.1) is 0 Å². The summed E-state index contributed by atoms with van der Waals surface area (Å²) < 4.78 is 0. The first kappa shape index (κ1) is 14.4. The van der Waals surface area contributed by atoms with Crippen molar-refractivity contribution in [2.24, 2.45) is 0 Å². The monoisotopic (exact) mass is 275 g/mol. The molecule has 1 fully saturated rings. The maximum atomic E-state index is 12.1. The van der Waals surface area contributed by atoms with Gasteiger partial charge >= 0.3 is 6.03 Å². The Bertz CT molecular complexity index is 461. The highest BCUT2D eigenvalue weighted by Gasteiger charge is 2.23. The van der Waals surface area contributed by atoms with Crippen LogP contribution >= 0.6 is 0 Å². The SMILES string of the molecule is CN(Cc1ccccc1)C(=O)N[C@@H]1CCCCNC1=O. The van der Waals surface area contributed by atoms with Crippen LogP contribution in [0.15, 0.2) is 30.3 Å². The van der Waals surface area contributed by atoms with Gasteiger partial charge in [0.15, 0.2) is 0 Å². The van der Waals surface area contributed by atoms with Gasteiger partial charge in [-0.05, 0) is 24.8 Å². The molecule has 1 aliphatic heterocycles. The van der Waals surface area contributed by atoms with Gasteiger partial charge < -0.3 is 15.5 Å². The van der Waals surface area contributed by atoms with Crippen LogP contribution in [-0.4, -0.2) is 36.5 Å². The van der Waals surface area contributed by atoms with Crippen LogP contribution in [0.2, 0.25) is 0 Å². The minimum atomic E-state index is -0.414. The number of carbonyl (C=O) groups is 2. The van der Waals surface area contributed by atoms with Crippen LogP contribution in [0.25, 0.3) is 0 Å². The molecule has 0 radical (unpaired) electrons. The van der Waals surface area contributed by atoms with Gasteiger partial charge in [-0.2, -0.15) is 0 Å². The molecule has 2 rings (SSSR count). The number of amides is 3. The number of benzene rings is 1. The van der Waals surface area contributed by atoms with Crippen LogP contribution in [0.3, 0.4) is 0 Å². The lowest BCUT2D eigenvalue weighted by atomic mass is 10.1. The number of carbonyl (C=O) groups excluding carboxylic acids is 2. The average molecular weight is 275 g/mol. The number of nitrogens with one attached hydrogen (secondary N) is 2. The van der Waals surface area contributed by atoms with E-state index in [0.29, 0.717) is 19.5 Å². The average Bonchev–Trinajstić information content (AvgIpc) is 2.65. The number of rotatable bonds is 3. The normalized spacial score (nSPS) is 18.9. The Hall–Kier alpha value is -2.04. The first-order valence-electron chi connectivity index (χ1n) is 7.00. The van der Waals surface area contributed by atoms with Crippen molar-refractivity contribution in [1.29, 1.82) is 0 Å².